The van der Waals surface area contributed by atoms with E-state index in [2.05, 4.69) is 15.5 Å². The minimum Gasteiger partial charge on any atom is -0.505 e. The molecule has 3 aromatic carbocycles. The van der Waals surface area contributed by atoms with Gasteiger partial charge in [0.1, 0.15) is 27.0 Å². The molecule has 0 aliphatic carbocycles. The van der Waals surface area contributed by atoms with Crippen molar-refractivity contribution in [2.45, 2.75) is 9.79 Å². The monoisotopic (exact) mass is 578 g/mol. The van der Waals surface area contributed by atoms with Gasteiger partial charge in [-0.25, -0.2) is 0 Å². The minimum atomic E-state index is -5.19. The first-order valence-electron chi connectivity index (χ1n) is 9.25. The lowest BCUT2D eigenvalue weighted by Crippen LogP contribution is -2.12. The Labute approximate surface area is 207 Å². The number of hydrogen-bond donors (Lipinski definition) is 6. The molecule has 20 heteroatoms. The van der Waals surface area contributed by atoms with Crippen LogP contribution in [0.4, 0.5) is 22.7 Å². The van der Waals surface area contributed by atoms with Crippen molar-refractivity contribution >= 4 is 63.9 Å². The van der Waals surface area contributed by atoms with Crippen molar-refractivity contribution in [2.75, 3.05) is 11.2 Å². The van der Waals surface area contributed by atoms with Crippen LogP contribution in [0, 0.1) is 10.1 Å². The average molecular weight is 579 g/mol. The fourth-order valence-corrected chi connectivity index (χ4v) is 4.61. The van der Waals surface area contributed by atoms with E-state index < -0.39 is 79.5 Å². The third-order valence-electron chi connectivity index (χ3n) is 4.58. The molecule has 3 rings (SSSR count). The number of benzene rings is 3. The lowest BCUT2D eigenvalue weighted by Gasteiger charge is -2.11. The predicted octanol–water partition coefficient (Wildman–Crippen LogP) is 2.33. The summed E-state index contributed by atoms with van der Waals surface area (Å²) in [6.45, 7) is 0. The van der Waals surface area contributed by atoms with Gasteiger partial charge in [0.05, 0.1) is 4.92 Å². The molecule has 0 fully saturated rings. The van der Waals surface area contributed by atoms with Crippen LogP contribution in [0.15, 0.2) is 56.4 Å². The van der Waals surface area contributed by atoms with Gasteiger partial charge in [0.2, 0.25) is 0 Å². The molecule has 3 aromatic rings. The summed E-state index contributed by atoms with van der Waals surface area (Å²) in [6.07, 6.45) is 0. The highest BCUT2D eigenvalue weighted by molar-refractivity contribution is 7.86. The summed E-state index contributed by atoms with van der Waals surface area (Å²) >= 11 is 0. The van der Waals surface area contributed by atoms with Gasteiger partial charge in [0.15, 0.2) is 11.5 Å². The summed E-state index contributed by atoms with van der Waals surface area (Å²) < 4.78 is 96.4. The highest BCUT2D eigenvalue weighted by Gasteiger charge is 2.26. The number of phenols is 2. The van der Waals surface area contributed by atoms with E-state index in [0.29, 0.717) is 12.1 Å². The Bertz CT molecular complexity index is 1800. The Morgan fingerprint density at radius 2 is 1.46 bits per heavy atom. The van der Waals surface area contributed by atoms with Crippen LogP contribution in [-0.2, 0) is 30.4 Å². The molecule has 0 amide bonds. The van der Waals surface area contributed by atoms with Crippen molar-refractivity contribution in [3.63, 3.8) is 0 Å². The van der Waals surface area contributed by atoms with Gasteiger partial charge in [0, 0.05) is 23.2 Å². The molecule has 0 unspecified atom stereocenters. The summed E-state index contributed by atoms with van der Waals surface area (Å²) in [5.41, 5.74) is -2.84. The van der Waals surface area contributed by atoms with Crippen LogP contribution in [-0.4, -0.2) is 59.9 Å². The summed E-state index contributed by atoms with van der Waals surface area (Å²) in [7, 11) is -14.7. The first kappa shape index (κ1) is 27.6. The topological polar surface area (TPSA) is 283 Å². The molecule has 0 aromatic heterocycles. The molecule has 0 radical (unpaired) electrons. The van der Waals surface area contributed by atoms with Gasteiger partial charge in [-0.2, -0.15) is 25.3 Å². The van der Waals surface area contributed by atoms with Crippen molar-refractivity contribution < 1.29 is 54.0 Å². The fourth-order valence-electron chi connectivity index (χ4n) is 2.98. The number of anilines is 1. The molecule has 0 saturated carbocycles. The first-order chi connectivity index (χ1) is 16.9. The Balaban J connectivity index is 2.26. The number of hydrogen-bond acceptors (Lipinski definition) is 13. The number of nitro groups is 1. The smallest absolute Gasteiger partial charge is 0.298 e. The molecule has 17 nitrogen and oxygen atoms in total. The maximum Gasteiger partial charge on any atom is 0.298 e. The molecule has 37 heavy (non-hydrogen) atoms. The molecular formula is C17H14N4O13S3. The van der Waals surface area contributed by atoms with Crippen LogP contribution in [0.25, 0.3) is 10.8 Å². The molecule has 0 aliphatic heterocycles. The van der Waals surface area contributed by atoms with Gasteiger partial charge < -0.3 is 15.5 Å². The summed E-state index contributed by atoms with van der Waals surface area (Å²) in [4.78, 5) is 7.69. The minimum absolute atomic E-state index is 0.00617. The number of non-ortho nitro benzene ring substituents is 1. The van der Waals surface area contributed by atoms with Crippen LogP contribution >= 0.6 is 0 Å². The number of rotatable bonds is 8. The molecule has 0 saturated heterocycles. The van der Waals surface area contributed by atoms with Crippen molar-refractivity contribution in [1.29, 1.82) is 0 Å². The van der Waals surface area contributed by atoms with Crippen molar-refractivity contribution in [2.24, 2.45) is 10.2 Å². The van der Waals surface area contributed by atoms with Crippen molar-refractivity contribution in [3.8, 4) is 11.5 Å². The SMILES string of the molecule is O=[N+]([O-])c1cc(N=Nc2c(S(=O)(=O)O)cc3ccc(NCS(=O)(=O)O)cc3c2O)c(O)c(S(=O)(=O)O)c1. The highest BCUT2D eigenvalue weighted by Crippen LogP contribution is 2.44. The third kappa shape index (κ3) is 6.25. The van der Waals surface area contributed by atoms with Gasteiger partial charge >= 0.3 is 0 Å². The first-order valence-corrected chi connectivity index (χ1v) is 13.7. The normalized spacial score (nSPS) is 12.7. The predicted molar refractivity (Wildman–Crippen MR) is 124 cm³/mol. The molecule has 6 N–H and O–H groups in total. The Hall–Kier alpha value is -3.95. The lowest BCUT2D eigenvalue weighted by atomic mass is 10.1. The third-order valence-corrected chi connectivity index (χ3v) is 6.82. The second-order valence-electron chi connectivity index (χ2n) is 7.13. The number of fused-ring (bicyclic) bond motifs is 1. The maximum atomic E-state index is 11.9. The second-order valence-corrected chi connectivity index (χ2v) is 11.4. The van der Waals surface area contributed by atoms with E-state index in [1.54, 1.807) is 0 Å². The summed E-state index contributed by atoms with van der Waals surface area (Å²) in [5.74, 6) is -3.18. The lowest BCUT2D eigenvalue weighted by molar-refractivity contribution is -0.385. The number of nitrogens with zero attached hydrogens (tertiary/aromatic N) is 3. The second kappa shape index (κ2) is 9.49. The van der Waals surface area contributed by atoms with Crippen molar-refractivity contribution in [3.05, 3.63) is 46.5 Å². The van der Waals surface area contributed by atoms with Gasteiger partial charge in [0.25, 0.3) is 36.0 Å². The average Bonchev–Trinajstić information content (AvgIpc) is 2.75. The van der Waals surface area contributed by atoms with Crippen LogP contribution in [0.5, 0.6) is 11.5 Å². The van der Waals surface area contributed by atoms with E-state index in [0.717, 1.165) is 12.1 Å². The number of nitrogens with one attached hydrogen (secondary N) is 1. The highest BCUT2D eigenvalue weighted by atomic mass is 32.2. The van der Waals surface area contributed by atoms with Crippen molar-refractivity contribution in [1.82, 2.24) is 0 Å². The van der Waals surface area contributed by atoms with E-state index in [4.69, 9.17) is 4.55 Å². The van der Waals surface area contributed by atoms with Gasteiger partial charge in [-0.3, -0.25) is 23.8 Å². The fraction of sp³-hybridized carbons (Fsp3) is 0.0588. The quantitative estimate of drug-likeness (QED) is 0.0968. The van der Waals surface area contributed by atoms with E-state index >= 15 is 0 Å². The zero-order chi connectivity index (χ0) is 27.9. The molecular weight excluding hydrogens is 564 g/mol. The molecule has 0 aliphatic rings. The maximum absolute atomic E-state index is 11.9. The van der Waals surface area contributed by atoms with E-state index in [-0.39, 0.29) is 16.5 Å². The van der Waals surface area contributed by atoms with Crippen LogP contribution < -0.4 is 5.32 Å². The van der Waals surface area contributed by atoms with Crippen LogP contribution in [0.2, 0.25) is 0 Å². The largest absolute Gasteiger partial charge is 0.505 e. The molecule has 198 valence electrons. The van der Waals surface area contributed by atoms with Gasteiger partial charge in [-0.1, -0.05) is 6.07 Å². The molecule has 0 atom stereocenters. The Kier molecular flexibility index (Phi) is 7.09. The zero-order valence-corrected chi connectivity index (χ0v) is 20.2. The summed E-state index contributed by atoms with van der Waals surface area (Å²) in [6, 6.07) is 5.26. The number of phenolic OH excluding ortho intramolecular Hbond substituents is 2. The Morgan fingerprint density at radius 3 is 2.00 bits per heavy atom. The Morgan fingerprint density at radius 1 is 0.838 bits per heavy atom. The molecule has 0 spiro atoms. The standard InChI is InChI=1S/C17H14N4O13S3/c22-16-11-4-9(18-7-35(26,27)28)2-1-8(11)3-13(36(29,30)31)15(16)20-19-12-5-10(21(24)25)6-14(17(12)23)37(32,33)34/h1-6,18,22-23H,7H2,(H,26,27,28)(H,29,30,31)(H,32,33,34). The number of azo groups is 1. The zero-order valence-electron chi connectivity index (χ0n) is 17.7. The van der Waals surface area contributed by atoms with Gasteiger partial charge in [-0.05, 0) is 23.6 Å². The van der Waals surface area contributed by atoms with E-state index in [1.165, 1.54) is 12.1 Å². The molecule has 0 heterocycles. The summed E-state index contributed by atoms with van der Waals surface area (Å²) in [5, 5.41) is 40.8. The molecule has 0 bridgehead atoms. The van der Waals surface area contributed by atoms with E-state index in [1.807, 2.05) is 0 Å². The van der Waals surface area contributed by atoms with E-state index in [9.17, 15) is 54.7 Å². The number of aromatic hydroxyl groups is 2. The van der Waals surface area contributed by atoms with Crippen LogP contribution in [0.1, 0.15) is 0 Å². The van der Waals surface area contributed by atoms with Crippen LogP contribution in [0.3, 0.4) is 0 Å². The van der Waals surface area contributed by atoms with Gasteiger partial charge in [-0.15, -0.1) is 10.2 Å². The number of nitro benzene ring substituents is 1.